The number of hydrogen-bond acceptors (Lipinski definition) is 6. The fourth-order valence-corrected chi connectivity index (χ4v) is 4.17. The first kappa shape index (κ1) is 23.6. The van der Waals surface area contributed by atoms with Crippen molar-refractivity contribution in [1.82, 2.24) is 10.2 Å². The van der Waals surface area contributed by atoms with Crippen LogP contribution in [0.15, 0.2) is 59.6 Å². The van der Waals surface area contributed by atoms with Crippen LogP contribution in [0.25, 0.3) is 0 Å². The molecule has 0 saturated carbocycles. The molecule has 2 aromatic rings. The Kier molecular flexibility index (Phi) is 6.76. The summed E-state index contributed by atoms with van der Waals surface area (Å²) in [6.45, 7) is 3.62. The van der Waals surface area contributed by atoms with Crippen LogP contribution in [0, 0.1) is 5.92 Å². The van der Waals surface area contributed by atoms with Gasteiger partial charge in [0.2, 0.25) is 11.9 Å². The van der Waals surface area contributed by atoms with E-state index in [0.29, 0.717) is 37.8 Å². The average Bonchev–Trinajstić information content (AvgIpc) is 2.84. The van der Waals surface area contributed by atoms with Gasteiger partial charge in [-0.3, -0.25) is 14.9 Å². The van der Waals surface area contributed by atoms with Crippen molar-refractivity contribution in [3.8, 4) is 0 Å². The molecule has 0 unspecified atom stereocenters. The molecule has 180 valence electrons. The highest BCUT2D eigenvalue weighted by molar-refractivity contribution is 6.08. The average molecular weight is 474 g/mol. The van der Waals surface area contributed by atoms with Crippen molar-refractivity contribution < 1.29 is 27.5 Å². The van der Waals surface area contributed by atoms with E-state index < -0.39 is 35.6 Å². The normalized spacial score (nSPS) is 21.1. The quantitative estimate of drug-likeness (QED) is 0.544. The number of hydrogen-bond donors (Lipinski definition) is 1. The molecule has 10 heteroatoms. The van der Waals surface area contributed by atoms with Gasteiger partial charge in [0.1, 0.15) is 6.04 Å². The van der Waals surface area contributed by atoms with Gasteiger partial charge in [-0.05, 0) is 30.7 Å². The number of benzene rings is 2. The van der Waals surface area contributed by atoms with E-state index in [4.69, 9.17) is 9.73 Å². The molecule has 2 aromatic carbocycles. The Morgan fingerprint density at radius 3 is 2.38 bits per heavy atom. The van der Waals surface area contributed by atoms with Crippen molar-refractivity contribution >= 4 is 23.5 Å². The highest BCUT2D eigenvalue weighted by atomic mass is 19.4. The van der Waals surface area contributed by atoms with Crippen LogP contribution in [0.3, 0.4) is 0 Å². The largest absolute Gasteiger partial charge is 0.465 e. The summed E-state index contributed by atoms with van der Waals surface area (Å²) in [5.74, 6) is -1.87. The Morgan fingerprint density at radius 2 is 1.74 bits per heavy atom. The third kappa shape index (κ3) is 5.00. The Hall–Kier alpha value is -3.56. The van der Waals surface area contributed by atoms with Crippen LogP contribution in [-0.4, -0.2) is 55.5 Å². The molecule has 0 aromatic heterocycles. The molecule has 0 radical (unpaired) electrons. The summed E-state index contributed by atoms with van der Waals surface area (Å²) in [5, 5.41) is 2.73. The number of carbonyl (C=O) groups is 2. The summed E-state index contributed by atoms with van der Waals surface area (Å²) in [5.41, 5.74) is 0.524. The third-order valence-electron chi connectivity index (χ3n) is 5.89. The number of esters is 1. The molecule has 0 spiro atoms. The van der Waals surface area contributed by atoms with E-state index in [1.165, 1.54) is 6.07 Å². The first-order chi connectivity index (χ1) is 16.3. The van der Waals surface area contributed by atoms with E-state index in [1.807, 2.05) is 40.1 Å². The number of aliphatic imine (C=N–C) groups is 1. The second-order valence-corrected chi connectivity index (χ2v) is 8.05. The lowest BCUT2D eigenvalue weighted by molar-refractivity contribution is -0.153. The van der Waals surface area contributed by atoms with Crippen LogP contribution in [0.4, 0.5) is 18.9 Å². The van der Waals surface area contributed by atoms with Crippen molar-refractivity contribution in [3.63, 3.8) is 0 Å². The maximum absolute atomic E-state index is 13.1. The Balaban J connectivity index is 1.52. The van der Waals surface area contributed by atoms with Gasteiger partial charge >= 0.3 is 12.1 Å². The van der Waals surface area contributed by atoms with Crippen molar-refractivity contribution in [2.75, 3.05) is 37.7 Å². The standard InChI is InChI=1S/C24H25F3N4O3/c1-2-34-22(33)19-20(16-7-4-3-5-8-16)28-23(29-21(19)32)31-13-11-30(12-14-31)18-10-6-9-17(15-18)24(25,26)27/h3-10,15,19-20H,2,11-14H2,1H3,(H,28,29,32)/t19-,20-/m0/s1. The number of anilines is 1. The number of alkyl halides is 3. The highest BCUT2D eigenvalue weighted by Crippen LogP contribution is 2.33. The fraction of sp³-hybridized carbons (Fsp3) is 0.375. The molecule has 1 N–H and O–H groups in total. The van der Waals surface area contributed by atoms with Crippen molar-refractivity contribution in [1.29, 1.82) is 0 Å². The summed E-state index contributed by atoms with van der Waals surface area (Å²) < 4.78 is 44.3. The predicted molar refractivity (Wildman–Crippen MR) is 120 cm³/mol. The minimum absolute atomic E-state index is 0.151. The van der Waals surface area contributed by atoms with Gasteiger partial charge in [-0.1, -0.05) is 36.4 Å². The zero-order chi connectivity index (χ0) is 24.3. The number of piperazine rings is 1. The topological polar surface area (TPSA) is 74.2 Å². The van der Waals surface area contributed by atoms with Crippen molar-refractivity contribution in [3.05, 3.63) is 65.7 Å². The van der Waals surface area contributed by atoms with Crippen LogP contribution in [0.5, 0.6) is 0 Å². The molecule has 2 heterocycles. The zero-order valence-electron chi connectivity index (χ0n) is 18.6. The number of rotatable bonds is 4. The molecule has 2 aliphatic heterocycles. The number of halogens is 3. The summed E-state index contributed by atoms with van der Waals surface area (Å²) in [7, 11) is 0. The molecular formula is C24H25F3N4O3. The van der Waals surface area contributed by atoms with E-state index in [1.54, 1.807) is 13.0 Å². The van der Waals surface area contributed by atoms with E-state index >= 15 is 0 Å². The number of guanidine groups is 1. The van der Waals surface area contributed by atoms with E-state index in [9.17, 15) is 22.8 Å². The molecule has 4 rings (SSSR count). The lowest BCUT2D eigenvalue weighted by Gasteiger charge is -2.39. The summed E-state index contributed by atoms with van der Waals surface area (Å²) in [4.78, 5) is 33.9. The molecule has 7 nitrogen and oxygen atoms in total. The van der Waals surface area contributed by atoms with Gasteiger partial charge < -0.3 is 14.5 Å². The van der Waals surface area contributed by atoms with Crippen LogP contribution in [-0.2, 0) is 20.5 Å². The lowest BCUT2D eigenvalue weighted by Crippen LogP contribution is -2.57. The SMILES string of the molecule is CCOC(=O)[C@@H]1C(=O)NC(N2CCN(c3cccc(C(F)(F)F)c3)CC2)=N[C@H]1c1ccccc1. The van der Waals surface area contributed by atoms with Gasteiger partial charge in [-0.15, -0.1) is 0 Å². The summed E-state index contributed by atoms with van der Waals surface area (Å²) >= 11 is 0. The predicted octanol–water partition coefficient (Wildman–Crippen LogP) is 3.23. The van der Waals surface area contributed by atoms with Crippen LogP contribution < -0.4 is 10.2 Å². The first-order valence-electron chi connectivity index (χ1n) is 11.1. The maximum Gasteiger partial charge on any atom is 0.416 e. The van der Waals surface area contributed by atoms with E-state index in [-0.39, 0.29) is 6.61 Å². The minimum Gasteiger partial charge on any atom is -0.465 e. The van der Waals surface area contributed by atoms with Crippen molar-refractivity contribution in [2.45, 2.75) is 19.1 Å². The molecule has 1 saturated heterocycles. The van der Waals surface area contributed by atoms with Gasteiger partial charge in [-0.2, -0.15) is 13.2 Å². The number of ether oxygens (including phenoxy) is 1. The number of nitrogens with one attached hydrogen (secondary N) is 1. The van der Waals surface area contributed by atoms with Crippen molar-refractivity contribution in [2.24, 2.45) is 10.9 Å². The second kappa shape index (κ2) is 9.74. The Labute approximate surface area is 195 Å². The molecular weight excluding hydrogens is 449 g/mol. The fourth-order valence-electron chi connectivity index (χ4n) is 4.17. The molecule has 0 bridgehead atoms. The molecule has 1 fully saturated rings. The highest BCUT2D eigenvalue weighted by Gasteiger charge is 2.42. The number of nitrogens with zero attached hydrogens (tertiary/aromatic N) is 3. The van der Waals surface area contributed by atoms with Crippen LogP contribution >= 0.6 is 0 Å². The maximum atomic E-state index is 13.1. The molecule has 1 amide bonds. The number of carbonyl (C=O) groups excluding carboxylic acids is 2. The molecule has 2 aliphatic rings. The Morgan fingerprint density at radius 1 is 1.06 bits per heavy atom. The van der Waals surface area contributed by atoms with Gasteiger partial charge in [0.15, 0.2) is 5.92 Å². The van der Waals surface area contributed by atoms with Gasteiger partial charge in [0.05, 0.1) is 12.2 Å². The lowest BCUT2D eigenvalue weighted by atomic mass is 9.91. The van der Waals surface area contributed by atoms with Gasteiger partial charge in [0, 0.05) is 31.9 Å². The van der Waals surface area contributed by atoms with Crippen LogP contribution in [0.2, 0.25) is 0 Å². The first-order valence-corrected chi connectivity index (χ1v) is 11.1. The van der Waals surface area contributed by atoms with Crippen LogP contribution in [0.1, 0.15) is 24.1 Å². The molecule has 2 atom stereocenters. The minimum atomic E-state index is -4.40. The number of amides is 1. The second-order valence-electron chi connectivity index (χ2n) is 8.05. The van der Waals surface area contributed by atoms with Gasteiger partial charge in [-0.25, -0.2) is 4.99 Å². The Bertz CT molecular complexity index is 1070. The summed E-state index contributed by atoms with van der Waals surface area (Å²) in [6.07, 6.45) is -4.40. The molecule has 34 heavy (non-hydrogen) atoms. The van der Waals surface area contributed by atoms with Gasteiger partial charge in [0.25, 0.3) is 0 Å². The monoisotopic (exact) mass is 474 g/mol. The molecule has 0 aliphatic carbocycles. The zero-order valence-corrected chi connectivity index (χ0v) is 18.6. The summed E-state index contributed by atoms with van der Waals surface area (Å²) in [6, 6.07) is 13.6. The smallest absolute Gasteiger partial charge is 0.416 e. The van der Waals surface area contributed by atoms with E-state index in [0.717, 1.165) is 17.7 Å². The van der Waals surface area contributed by atoms with E-state index in [2.05, 4.69) is 5.32 Å². The third-order valence-corrected chi connectivity index (χ3v) is 5.89.